The van der Waals surface area contributed by atoms with Crippen LogP contribution in [0.4, 0.5) is 11.5 Å². The molecular formula is C13H9ClN4O2. The van der Waals surface area contributed by atoms with Crippen LogP contribution in [-0.4, -0.2) is 9.91 Å². The predicted octanol–water partition coefficient (Wildman–Crippen LogP) is 3.13. The molecule has 0 aliphatic heterocycles. The van der Waals surface area contributed by atoms with Crippen molar-refractivity contribution in [3.8, 4) is 6.07 Å². The summed E-state index contributed by atoms with van der Waals surface area (Å²) >= 11 is 5.86. The lowest BCUT2D eigenvalue weighted by molar-refractivity contribution is -0.384. The molecule has 0 spiro atoms. The third kappa shape index (κ3) is 3.02. The van der Waals surface area contributed by atoms with Crippen LogP contribution in [-0.2, 0) is 6.54 Å². The lowest BCUT2D eigenvalue weighted by atomic mass is 10.2. The zero-order valence-electron chi connectivity index (χ0n) is 10.2. The number of nitrogens with one attached hydrogen (secondary N) is 1. The number of hydrogen-bond acceptors (Lipinski definition) is 5. The molecule has 0 aliphatic carbocycles. The van der Waals surface area contributed by atoms with E-state index in [4.69, 9.17) is 16.9 Å². The van der Waals surface area contributed by atoms with E-state index in [9.17, 15) is 10.1 Å². The van der Waals surface area contributed by atoms with Gasteiger partial charge < -0.3 is 5.32 Å². The SMILES string of the molecule is N#Cc1ccnc(NCc2cccc(Cl)c2)c1[N+](=O)[O-]. The number of nitro groups is 1. The standard InChI is InChI=1S/C13H9ClN4O2/c14-11-3-1-2-9(6-11)8-17-13-12(18(19)20)10(7-15)4-5-16-13/h1-6H,8H2,(H,16,17). The van der Waals surface area contributed by atoms with E-state index in [0.717, 1.165) is 5.56 Å². The van der Waals surface area contributed by atoms with E-state index in [1.165, 1.54) is 12.3 Å². The average Bonchev–Trinajstić information content (AvgIpc) is 2.44. The quantitative estimate of drug-likeness (QED) is 0.689. The Morgan fingerprint density at radius 3 is 2.90 bits per heavy atom. The van der Waals surface area contributed by atoms with Crippen LogP contribution >= 0.6 is 11.6 Å². The van der Waals surface area contributed by atoms with Crippen LogP contribution in [0.5, 0.6) is 0 Å². The molecule has 1 aromatic heterocycles. The molecule has 1 N–H and O–H groups in total. The molecule has 0 radical (unpaired) electrons. The van der Waals surface area contributed by atoms with E-state index in [1.54, 1.807) is 24.3 Å². The van der Waals surface area contributed by atoms with Gasteiger partial charge in [0, 0.05) is 17.8 Å². The first-order valence-corrected chi connectivity index (χ1v) is 6.01. The Hall–Kier alpha value is -2.65. The molecule has 0 aliphatic rings. The van der Waals surface area contributed by atoms with Gasteiger partial charge in [-0.2, -0.15) is 5.26 Å². The van der Waals surface area contributed by atoms with Gasteiger partial charge in [-0.05, 0) is 23.8 Å². The summed E-state index contributed by atoms with van der Waals surface area (Å²) in [6, 6.07) is 10.2. The van der Waals surface area contributed by atoms with Gasteiger partial charge in [-0.15, -0.1) is 0 Å². The minimum Gasteiger partial charge on any atom is -0.360 e. The monoisotopic (exact) mass is 288 g/mol. The predicted molar refractivity (Wildman–Crippen MR) is 74.4 cm³/mol. The molecule has 20 heavy (non-hydrogen) atoms. The summed E-state index contributed by atoms with van der Waals surface area (Å²) in [7, 11) is 0. The van der Waals surface area contributed by atoms with E-state index < -0.39 is 4.92 Å². The number of nitrogens with zero attached hydrogens (tertiary/aromatic N) is 3. The molecule has 0 saturated carbocycles. The fourth-order valence-corrected chi connectivity index (χ4v) is 1.90. The number of halogens is 1. The fourth-order valence-electron chi connectivity index (χ4n) is 1.69. The van der Waals surface area contributed by atoms with Crippen LogP contribution in [0.25, 0.3) is 0 Å². The summed E-state index contributed by atoms with van der Waals surface area (Å²) in [5.74, 6) is 0.0639. The molecule has 0 atom stereocenters. The maximum Gasteiger partial charge on any atom is 0.328 e. The van der Waals surface area contributed by atoms with Crippen molar-refractivity contribution >= 4 is 23.1 Å². The van der Waals surface area contributed by atoms with Crippen LogP contribution in [0.2, 0.25) is 5.02 Å². The van der Waals surface area contributed by atoms with Crippen LogP contribution < -0.4 is 5.32 Å². The molecule has 7 heteroatoms. The molecule has 2 aromatic rings. The number of anilines is 1. The highest BCUT2D eigenvalue weighted by atomic mass is 35.5. The van der Waals surface area contributed by atoms with Crippen molar-refractivity contribution in [1.29, 1.82) is 5.26 Å². The van der Waals surface area contributed by atoms with Crippen molar-refractivity contribution in [3.63, 3.8) is 0 Å². The minimum absolute atomic E-state index is 0.0291. The molecule has 2 rings (SSSR count). The van der Waals surface area contributed by atoms with Gasteiger partial charge in [0.15, 0.2) is 0 Å². The van der Waals surface area contributed by atoms with Crippen LogP contribution in [0.15, 0.2) is 36.5 Å². The Kier molecular flexibility index (Phi) is 4.13. The smallest absolute Gasteiger partial charge is 0.328 e. The number of hydrogen-bond donors (Lipinski definition) is 1. The lowest BCUT2D eigenvalue weighted by Crippen LogP contribution is -2.06. The van der Waals surface area contributed by atoms with Gasteiger partial charge in [0.1, 0.15) is 11.6 Å². The molecule has 0 unspecified atom stereocenters. The minimum atomic E-state index is -0.619. The lowest BCUT2D eigenvalue weighted by Gasteiger charge is -2.07. The molecule has 0 saturated heterocycles. The summed E-state index contributed by atoms with van der Waals surface area (Å²) in [5.41, 5.74) is 0.506. The summed E-state index contributed by atoms with van der Waals surface area (Å²) in [5, 5.41) is 23.3. The van der Waals surface area contributed by atoms with Gasteiger partial charge in [0.25, 0.3) is 0 Å². The average molecular weight is 289 g/mol. The normalized spacial score (nSPS) is 9.80. The Labute approximate surface area is 119 Å². The third-order valence-corrected chi connectivity index (χ3v) is 2.81. The Bertz CT molecular complexity index is 697. The summed E-state index contributed by atoms with van der Waals surface area (Å²) in [4.78, 5) is 14.3. The van der Waals surface area contributed by atoms with Crippen molar-refractivity contribution < 1.29 is 4.92 Å². The van der Waals surface area contributed by atoms with Gasteiger partial charge >= 0.3 is 5.69 Å². The number of benzene rings is 1. The second-order valence-corrected chi connectivity index (χ2v) is 4.34. The third-order valence-electron chi connectivity index (χ3n) is 2.58. The van der Waals surface area contributed by atoms with Gasteiger partial charge in [-0.3, -0.25) is 10.1 Å². The topological polar surface area (TPSA) is 91.8 Å². The highest BCUT2D eigenvalue weighted by Gasteiger charge is 2.20. The maximum atomic E-state index is 11.0. The zero-order chi connectivity index (χ0) is 14.5. The first-order valence-electron chi connectivity index (χ1n) is 5.63. The molecular weight excluding hydrogens is 280 g/mol. The van der Waals surface area contributed by atoms with Crippen LogP contribution in [0, 0.1) is 21.4 Å². The van der Waals surface area contributed by atoms with E-state index in [1.807, 2.05) is 6.07 Å². The summed E-state index contributed by atoms with van der Waals surface area (Å²) in [6.07, 6.45) is 1.35. The number of nitriles is 1. The van der Waals surface area contributed by atoms with Crippen LogP contribution in [0.3, 0.4) is 0 Å². The van der Waals surface area contributed by atoms with E-state index in [0.29, 0.717) is 11.6 Å². The molecule has 6 nitrogen and oxygen atoms in total. The van der Waals surface area contributed by atoms with Gasteiger partial charge in [-0.1, -0.05) is 23.7 Å². The van der Waals surface area contributed by atoms with Crippen molar-refractivity contribution in [2.45, 2.75) is 6.54 Å². The first kappa shape index (κ1) is 13.8. The molecule has 1 heterocycles. The van der Waals surface area contributed by atoms with E-state index in [-0.39, 0.29) is 17.1 Å². The zero-order valence-corrected chi connectivity index (χ0v) is 11.0. The Morgan fingerprint density at radius 2 is 2.25 bits per heavy atom. The highest BCUT2D eigenvalue weighted by molar-refractivity contribution is 6.30. The Balaban J connectivity index is 2.26. The van der Waals surface area contributed by atoms with E-state index >= 15 is 0 Å². The molecule has 0 bridgehead atoms. The maximum absolute atomic E-state index is 11.0. The van der Waals surface area contributed by atoms with Gasteiger partial charge in [0.05, 0.1) is 4.92 Å². The Morgan fingerprint density at radius 1 is 1.45 bits per heavy atom. The summed E-state index contributed by atoms with van der Waals surface area (Å²) < 4.78 is 0. The van der Waals surface area contributed by atoms with Crippen molar-refractivity contribution in [3.05, 3.63) is 62.8 Å². The fraction of sp³-hybridized carbons (Fsp3) is 0.0769. The molecule has 0 fully saturated rings. The van der Waals surface area contributed by atoms with E-state index in [2.05, 4.69) is 10.3 Å². The van der Waals surface area contributed by atoms with Crippen LogP contribution in [0.1, 0.15) is 11.1 Å². The second kappa shape index (κ2) is 5.99. The number of rotatable bonds is 4. The highest BCUT2D eigenvalue weighted by Crippen LogP contribution is 2.26. The van der Waals surface area contributed by atoms with Crippen molar-refractivity contribution in [1.82, 2.24) is 4.98 Å². The van der Waals surface area contributed by atoms with Crippen molar-refractivity contribution in [2.24, 2.45) is 0 Å². The number of pyridine rings is 1. The summed E-state index contributed by atoms with van der Waals surface area (Å²) in [6.45, 7) is 0.323. The molecule has 100 valence electrons. The largest absolute Gasteiger partial charge is 0.360 e. The second-order valence-electron chi connectivity index (χ2n) is 3.91. The first-order chi connectivity index (χ1) is 9.61. The molecule has 1 aromatic carbocycles. The van der Waals surface area contributed by atoms with Gasteiger partial charge in [0.2, 0.25) is 5.82 Å². The molecule has 0 amide bonds. The number of aromatic nitrogens is 1. The van der Waals surface area contributed by atoms with Crippen molar-refractivity contribution in [2.75, 3.05) is 5.32 Å². The van der Waals surface area contributed by atoms with Gasteiger partial charge in [-0.25, -0.2) is 4.98 Å².